The molecule has 1 heterocycles. The zero-order valence-corrected chi connectivity index (χ0v) is 11.6. The first-order valence-electron chi connectivity index (χ1n) is 4.32. The van der Waals surface area contributed by atoms with Gasteiger partial charge in [-0.2, -0.15) is 0 Å². The van der Waals surface area contributed by atoms with E-state index in [0.29, 0.717) is 18.8 Å². The van der Waals surface area contributed by atoms with E-state index in [1.807, 2.05) is 6.07 Å². The van der Waals surface area contributed by atoms with Gasteiger partial charge in [-0.15, -0.1) is 0 Å². The maximum atomic E-state index is 11.1. The fraction of sp³-hybridized carbons (Fsp3) is 0.300. The summed E-state index contributed by atoms with van der Waals surface area (Å²) in [5.74, 6) is -2.71. The third-order valence-corrected chi connectivity index (χ3v) is 2.13. The Labute approximate surface area is 130 Å². The van der Waals surface area contributed by atoms with Crippen molar-refractivity contribution in [1.82, 2.24) is 0 Å². The molecule has 5 heteroatoms. The molecule has 0 bridgehead atoms. The Morgan fingerprint density at radius 2 is 1.73 bits per heavy atom. The normalized spacial score (nSPS) is 18.1. The molecule has 0 atom stereocenters. The van der Waals surface area contributed by atoms with Crippen LogP contribution in [0.25, 0.3) is 0 Å². The average molecular weight is 233 g/mol. The predicted octanol–water partition coefficient (Wildman–Crippen LogP) is -2.03. The van der Waals surface area contributed by atoms with Crippen LogP contribution >= 0.6 is 0 Å². The van der Waals surface area contributed by atoms with E-state index in [9.17, 15) is 4.79 Å². The molecule has 15 heavy (non-hydrogen) atoms. The zero-order chi connectivity index (χ0) is 10.0. The Kier molecular flexibility index (Phi) is 4.91. The fourth-order valence-electron chi connectivity index (χ4n) is 1.48. The van der Waals surface area contributed by atoms with E-state index >= 15 is 0 Å². The number of aliphatic carboxylic acids is 1. The molecule has 0 spiro atoms. The van der Waals surface area contributed by atoms with Crippen molar-refractivity contribution < 1.29 is 70.8 Å². The second kappa shape index (κ2) is 5.54. The zero-order valence-electron chi connectivity index (χ0n) is 8.47. The number of rotatable bonds is 2. The summed E-state index contributed by atoms with van der Waals surface area (Å²) in [5.41, 5.74) is 0.519. The van der Waals surface area contributed by atoms with Crippen molar-refractivity contribution in [3.05, 3.63) is 35.9 Å². The van der Waals surface area contributed by atoms with Gasteiger partial charge >= 0.3 is 57.4 Å². The van der Waals surface area contributed by atoms with Gasteiger partial charge < -0.3 is 14.6 Å². The van der Waals surface area contributed by atoms with E-state index in [1.54, 1.807) is 24.3 Å². The summed E-state index contributed by atoms with van der Waals surface area (Å²) in [6, 6.07) is 8.68. The van der Waals surface area contributed by atoms with Crippen molar-refractivity contribution in [2.75, 3.05) is 13.2 Å². The van der Waals surface area contributed by atoms with Gasteiger partial charge in [-0.1, -0.05) is 30.3 Å². The maximum Gasteiger partial charge on any atom is 1.00 e. The molecular formula is C10H10KO4+. The van der Waals surface area contributed by atoms with Gasteiger partial charge in [-0.05, 0) is 0 Å². The van der Waals surface area contributed by atoms with Crippen LogP contribution < -0.4 is 51.4 Å². The smallest absolute Gasteiger partial charge is 0.477 e. The monoisotopic (exact) mass is 233 g/mol. The summed E-state index contributed by atoms with van der Waals surface area (Å²) in [6.45, 7) is 0.613. The molecular weight excluding hydrogens is 223 g/mol. The van der Waals surface area contributed by atoms with Gasteiger partial charge in [-0.25, -0.2) is 4.79 Å². The van der Waals surface area contributed by atoms with Gasteiger partial charge in [0.15, 0.2) is 0 Å². The average Bonchev–Trinajstić information content (AvgIpc) is 2.69. The Balaban J connectivity index is 0.00000112. The quantitative estimate of drug-likeness (QED) is 0.599. The molecule has 2 rings (SSSR count). The number of carboxylic acid groups (broad SMARTS) is 1. The van der Waals surface area contributed by atoms with Crippen LogP contribution in [0, 0.1) is 0 Å². The topological polar surface area (TPSA) is 55.8 Å². The number of ether oxygens (including phenoxy) is 2. The van der Waals surface area contributed by atoms with Crippen LogP contribution in [-0.2, 0) is 20.1 Å². The summed E-state index contributed by atoms with van der Waals surface area (Å²) in [7, 11) is 0. The Morgan fingerprint density at radius 3 is 2.20 bits per heavy atom. The summed E-state index contributed by atoms with van der Waals surface area (Å²) in [4.78, 5) is 11.1. The Morgan fingerprint density at radius 1 is 1.20 bits per heavy atom. The maximum absolute atomic E-state index is 11.1. The van der Waals surface area contributed by atoms with E-state index in [1.165, 1.54) is 0 Å². The Bertz CT molecular complexity index is 333. The second-order valence-electron chi connectivity index (χ2n) is 2.98. The second-order valence-corrected chi connectivity index (χ2v) is 2.98. The molecule has 1 N–H and O–H groups in total. The first-order chi connectivity index (χ1) is 6.76. The molecule has 1 aromatic carbocycles. The minimum atomic E-state index is -1.60. The van der Waals surface area contributed by atoms with E-state index in [4.69, 9.17) is 14.6 Å². The summed E-state index contributed by atoms with van der Waals surface area (Å²) in [5, 5.41) is 9.07. The number of hydrogen-bond donors (Lipinski definition) is 1. The number of benzene rings is 1. The molecule has 0 saturated carbocycles. The van der Waals surface area contributed by atoms with Gasteiger partial charge in [0.05, 0.1) is 13.2 Å². The molecule has 0 radical (unpaired) electrons. The van der Waals surface area contributed by atoms with E-state index in [2.05, 4.69) is 0 Å². The molecule has 0 aromatic heterocycles. The van der Waals surface area contributed by atoms with Crippen molar-refractivity contribution >= 4 is 5.97 Å². The van der Waals surface area contributed by atoms with Crippen LogP contribution in [0.1, 0.15) is 5.56 Å². The van der Waals surface area contributed by atoms with Gasteiger partial charge in [0, 0.05) is 5.56 Å². The minimum Gasteiger partial charge on any atom is -0.477 e. The molecule has 4 nitrogen and oxygen atoms in total. The van der Waals surface area contributed by atoms with Crippen LogP contribution in [0.3, 0.4) is 0 Å². The predicted molar refractivity (Wildman–Crippen MR) is 47.7 cm³/mol. The molecule has 1 fully saturated rings. The van der Waals surface area contributed by atoms with Crippen molar-refractivity contribution in [3.63, 3.8) is 0 Å². The standard InChI is InChI=1S/C10H10O4.K/c11-9(12)10(13-6-7-14-10)8-4-2-1-3-5-8;/h1-5H,6-7H2,(H,11,12);/q;+1. The third kappa shape index (κ3) is 2.50. The SMILES string of the molecule is O=C(O)C1(c2ccccc2)OCCO1.[K+]. The molecule has 0 amide bonds. The summed E-state index contributed by atoms with van der Waals surface area (Å²) in [6.07, 6.45) is 0. The van der Waals surface area contributed by atoms with Gasteiger partial charge in [0.2, 0.25) is 0 Å². The van der Waals surface area contributed by atoms with Gasteiger partial charge in [0.25, 0.3) is 5.79 Å². The van der Waals surface area contributed by atoms with Crippen molar-refractivity contribution in [1.29, 1.82) is 0 Å². The largest absolute Gasteiger partial charge is 1.00 e. The van der Waals surface area contributed by atoms with Crippen molar-refractivity contribution in [2.24, 2.45) is 0 Å². The molecule has 1 aliphatic rings. The number of carbonyl (C=O) groups is 1. The van der Waals surface area contributed by atoms with Crippen LogP contribution in [0.15, 0.2) is 30.3 Å². The van der Waals surface area contributed by atoms with Crippen LogP contribution in [0.4, 0.5) is 0 Å². The number of hydrogen-bond acceptors (Lipinski definition) is 3. The van der Waals surface area contributed by atoms with Crippen molar-refractivity contribution in [2.45, 2.75) is 5.79 Å². The summed E-state index contributed by atoms with van der Waals surface area (Å²) >= 11 is 0. The van der Waals surface area contributed by atoms with Crippen LogP contribution in [-0.4, -0.2) is 24.3 Å². The summed E-state index contributed by atoms with van der Waals surface area (Å²) < 4.78 is 10.3. The van der Waals surface area contributed by atoms with Gasteiger partial charge in [-0.3, -0.25) is 0 Å². The van der Waals surface area contributed by atoms with E-state index in [-0.39, 0.29) is 51.4 Å². The van der Waals surface area contributed by atoms with E-state index < -0.39 is 11.8 Å². The molecule has 74 valence electrons. The molecule has 1 saturated heterocycles. The van der Waals surface area contributed by atoms with Crippen LogP contribution in [0.5, 0.6) is 0 Å². The molecule has 1 aliphatic heterocycles. The van der Waals surface area contributed by atoms with Crippen molar-refractivity contribution in [3.8, 4) is 0 Å². The minimum absolute atomic E-state index is 0. The van der Waals surface area contributed by atoms with Gasteiger partial charge in [0.1, 0.15) is 0 Å². The number of carboxylic acids is 1. The first kappa shape index (κ1) is 13.3. The Hall–Kier alpha value is 0.246. The van der Waals surface area contributed by atoms with Crippen LogP contribution in [0.2, 0.25) is 0 Å². The molecule has 1 aromatic rings. The fourth-order valence-corrected chi connectivity index (χ4v) is 1.48. The molecule has 0 unspecified atom stereocenters. The third-order valence-electron chi connectivity index (χ3n) is 2.13. The van der Waals surface area contributed by atoms with E-state index in [0.717, 1.165) is 0 Å². The first-order valence-corrected chi connectivity index (χ1v) is 4.32. The molecule has 0 aliphatic carbocycles.